The molecule has 2 aromatic carbocycles. The first-order chi connectivity index (χ1) is 11.7. The maximum Gasteiger partial charge on any atom is 0.258 e. The van der Waals surface area contributed by atoms with E-state index in [-0.39, 0.29) is 18.6 Å². The summed E-state index contributed by atoms with van der Waals surface area (Å²) in [6, 6.07) is 14.5. The predicted octanol–water partition coefficient (Wildman–Crippen LogP) is 3.23. The van der Waals surface area contributed by atoms with Crippen LogP contribution in [0.5, 0.6) is 11.5 Å². The molecule has 1 amide bonds. The molecule has 128 valence electrons. The van der Waals surface area contributed by atoms with E-state index in [1.165, 1.54) is 0 Å². The molecule has 0 spiro atoms. The van der Waals surface area contributed by atoms with E-state index in [2.05, 4.69) is 5.32 Å². The second kappa shape index (κ2) is 9.15. The maximum atomic E-state index is 12.0. The van der Waals surface area contributed by atoms with E-state index in [0.717, 1.165) is 5.56 Å². The summed E-state index contributed by atoms with van der Waals surface area (Å²) in [6.07, 6.45) is -0.325. The molecule has 0 aliphatic heterocycles. The number of ether oxygens (including phenoxy) is 3. The van der Waals surface area contributed by atoms with Crippen molar-refractivity contribution in [2.24, 2.45) is 0 Å². The Morgan fingerprint density at radius 2 is 1.75 bits per heavy atom. The van der Waals surface area contributed by atoms with E-state index >= 15 is 0 Å². The van der Waals surface area contributed by atoms with Gasteiger partial charge in [0.25, 0.3) is 5.91 Å². The normalized spacial score (nSPS) is 11.6. The molecule has 0 bridgehead atoms. The molecule has 0 aliphatic carbocycles. The summed E-state index contributed by atoms with van der Waals surface area (Å²) in [7, 11) is 3.13. The van der Waals surface area contributed by atoms with Crippen LogP contribution in [-0.4, -0.2) is 33.3 Å². The number of nitrogens with one attached hydrogen (secondary N) is 1. The third kappa shape index (κ3) is 4.88. The maximum absolute atomic E-state index is 12.0. The van der Waals surface area contributed by atoms with Crippen molar-refractivity contribution >= 4 is 17.5 Å². The van der Waals surface area contributed by atoms with Crippen LogP contribution in [0.4, 0.5) is 0 Å². The Balaban J connectivity index is 1.87. The van der Waals surface area contributed by atoms with Crippen molar-refractivity contribution in [1.29, 1.82) is 0 Å². The van der Waals surface area contributed by atoms with Gasteiger partial charge in [0.1, 0.15) is 6.10 Å². The van der Waals surface area contributed by atoms with Crippen molar-refractivity contribution in [3.63, 3.8) is 0 Å². The lowest BCUT2D eigenvalue weighted by Crippen LogP contribution is -2.33. The zero-order valence-electron chi connectivity index (χ0n) is 13.6. The third-order valence-corrected chi connectivity index (χ3v) is 3.79. The lowest BCUT2D eigenvalue weighted by atomic mass is 10.1. The van der Waals surface area contributed by atoms with Gasteiger partial charge in [-0.2, -0.15) is 0 Å². The Labute approximate surface area is 146 Å². The number of amides is 1. The van der Waals surface area contributed by atoms with Crippen LogP contribution < -0.4 is 14.8 Å². The number of hydrogen-bond donors (Lipinski definition) is 1. The van der Waals surface area contributed by atoms with E-state index in [1.807, 2.05) is 30.3 Å². The molecule has 0 unspecified atom stereocenters. The Morgan fingerprint density at radius 1 is 1.08 bits per heavy atom. The van der Waals surface area contributed by atoms with Gasteiger partial charge in [-0.1, -0.05) is 41.9 Å². The minimum absolute atomic E-state index is 0.112. The lowest BCUT2D eigenvalue weighted by Gasteiger charge is -2.18. The number of hydrogen-bond acceptors (Lipinski definition) is 4. The van der Waals surface area contributed by atoms with E-state index < -0.39 is 0 Å². The van der Waals surface area contributed by atoms with Gasteiger partial charge >= 0.3 is 0 Å². The molecule has 0 saturated heterocycles. The Kier molecular flexibility index (Phi) is 6.90. The van der Waals surface area contributed by atoms with Gasteiger partial charge in [0.05, 0.1) is 7.11 Å². The van der Waals surface area contributed by atoms with E-state index in [1.54, 1.807) is 32.4 Å². The molecule has 2 rings (SSSR count). The Bertz CT molecular complexity index is 678. The second-order valence-corrected chi connectivity index (χ2v) is 5.40. The van der Waals surface area contributed by atoms with Gasteiger partial charge < -0.3 is 19.5 Å². The molecule has 5 nitrogen and oxygen atoms in total. The number of para-hydroxylation sites is 2. The van der Waals surface area contributed by atoms with Crippen molar-refractivity contribution in [3.05, 3.63) is 59.1 Å². The fourth-order valence-electron chi connectivity index (χ4n) is 2.20. The highest BCUT2D eigenvalue weighted by Gasteiger charge is 2.15. The summed E-state index contributed by atoms with van der Waals surface area (Å²) < 4.78 is 16.1. The van der Waals surface area contributed by atoms with Crippen LogP contribution in [0.1, 0.15) is 11.7 Å². The van der Waals surface area contributed by atoms with Gasteiger partial charge in [0.2, 0.25) is 0 Å². The molecule has 0 aromatic heterocycles. The van der Waals surface area contributed by atoms with Crippen molar-refractivity contribution in [3.8, 4) is 11.5 Å². The van der Waals surface area contributed by atoms with Gasteiger partial charge in [0, 0.05) is 24.2 Å². The minimum atomic E-state index is -0.325. The minimum Gasteiger partial charge on any atom is -0.493 e. The topological polar surface area (TPSA) is 56.8 Å². The average molecular weight is 350 g/mol. The molecular weight excluding hydrogens is 330 g/mol. The van der Waals surface area contributed by atoms with Crippen molar-refractivity contribution < 1.29 is 19.0 Å². The smallest absolute Gasteiger partial charge is 0.258 e. The van der Waals surface area contributed by atoms with Crippen LogP contribution in [0.25, 0.3) is 0 Å². The number of methoxy groups -OCH3 is 2. The third-order valence-electron chi connectivity index (χ3n) is 3.45. The first-order valence-electron chi connectivity index (χ1n) is 7.45. The number of halogens is 1. The molecule has 24 heavy (non-hydrogen) atoms. The highest BCUT2D eigenvalue weighted by atomic mass is 35.5. The fourth-order valence-corrected chi connectivity index (χ4v) is 2.45. The van der Waals surface area contributed by atoms with Gasteiger partial charge in [-0.05, 0) is 18.2 Å². The van der Waals surface area contributed by atoms with Gasteiger partial charge in [-0.3, -0.25) is 4.79 Å². The molecule has 0 fully saturated rings. The quantitative estimate of drug-likeness (QED) is 0.795. The summed E-state index contributed by atoms with van der Waals surface area (Å²) in [6.45, 7) is 0.188. The highest BCUT2D eigenvalue weighted by molar-refractivity contribution is 6.31. The highest BCUT2D eigenvalue weighted by Crippen LogP contribution is 2.26. The van der Waals surface area contributed by atoms with Crippen molar-refractivity contribution in [2.45, 2.75) is 6.10 Å². The van der Waals surface area contributed by atoms with E-state index in [0.29, 0.717) is 23.1 Å². The summed E-state index contributed by atoms with van der Waals surface area (Å²) in [4.78, 5) is 12.0. The van der Waals surface area contributed by atoms with Gasteiger partial charge in [0.15, 0.2) is 18.1 Å². The second-order valence-electron chi connectivity index (χ2n) is 4.99. The summed E-state index contributed by atoms with van der Waals surface area (Å²) in [5.41, 5.74) is 0.826. The SMILES string of the molecule is COc1ccccc1OCC(=O)NC[C@H](OC)c1ccccc1Cl. The molecule has 2 aromatic rings. The first-order valence-corrected chi connectivity index (χ1v) is 7.83. The largest absolute Gasteiger partial charge is 0.493 e. The molecule has 6 heteroatoms. The molecule has 0 heterocycles. The van der Waals surface area contributed by atoms with Crippen LogP contribution >= 0.6 is 11.6 Å². The summed E-state index contributed by atoms with van der Waals surface area (Å²) in [5.74, 6) is 0.843. The Hall–Kier alpha value is -2.24. The number of carbonyl (C=O) groups is 1. The van der Waals surface area contributed by atoms with Crippen molar-refractivity contribution in [1.82, 2.24) is 5.32 Å². The van der Waals surface area contributed by atoms with Crippen LogP contribution in [0, 0.1) is 0 Å². The lowest BCUT2D eigenvalue weighted by molar-refractivity contribution is -0.123. The van der Waals surface area contributed by atoms with Crippen LogP contribution in [0.15, 0.2) is 48.5 Å². The molecule has 1 N–H and O–H groups in total. The first kappa shape index (κ1) is 18.1. The number of rotatable bonds is 8. The Morgan fingerprint density at radius 3 is 2.42 bits per heavy atom. The fraction of sp³-hybridized carbons (Fsp3) is 0.278. The van der Waals surface area contributed by atoms with E-state index in [4.69, 9.17) is 25.8 Å². The average Bonchev–Trinajstić information content (AvgIpc) is 2.62. The zero-order valence-corrected chi connectivity index (χ0v) is 14.4. The summed E-state index contributed by atoms with van der Waals surface area (Å²) in [5, 5.41) is 3.38. The van der Waals surface area contributed by atoms with Crippen molar-refractivity contribution in [2.75, 3.05) is 27.4 Å². The molecule has 0 aliphatic rings. The summed E-state index contributed by atoms with van der Waals surface area (Å²) >= 11 is 6.16. The monoisotopic (exact) mass is 349 g/mol. The molecule has 0 radical (unpaired) electrons. The molecular formula is C18H20ClNO4. The zero-order chi connectivity index (χ0) is 17.4. The predicted molar refractivity (Wildman–Crippen MR) is 92.7 cm³/mol. The van der Waals surface area contributed by atoms with Crippen LogP contribution in [0.2, 0.25) is 5.02 Å². The number of carbonyl (C=O) groups excluding carboxylic acids is 1. The van der Waals surface area contributed by atoms with Crippen LogP contribution in [-0.2, 0) is 9.53 Å². The molecule has 0 saturated carbocycles. The van der Waals surface area contributed by atoms with Crippen LogP contribution in [0.3, 0.4) is 0 Å². The standard InChI is InChI=1S/C18H20ClNO4/c1-22-15-9-5-6-10-16(15)24-12-18(21)20-11-17(23-2)13-7-3-4-8-14(13)19/h3-10,17H,11-12H2,1-2H3,(H,20,21)/t17-/m0/s1. The van der Waals surface area contributed by atoms with Gasteiger partial charge in [-0.25, -0.2) is 0 Å². The number of benzene rings is 2. The van der Waals surface area contributed by atoms with Gasteiger partial charge in [-0.15, -0.1) is 0 Å². The molecule has 1 atom stereocenters. The van der Waals surface area contributed by atoms with E-state index in [9.17, 15) is 4.79 Å².